The van der Waals surface area contributed by atoms with Crippen molar-refractivity contribution < 1.29 is 0 Å². The molecule has 1 N–H and O–H groups in total. The Morgan fingerprint density at radius 3 is 2.69 bits per heavy atom. The highest BCUT2D eigenvalue weighted by Crippen LogP contribution is 2.05. The van der Waals surface area contributed by atoms with Gasteiger partial charge in [0.15, 0.2) is 0 Å². The molecule has 4 heteroatoms. The summed E-state index contributed by atoms with van der Waals surface area (Å²) in [4.78, 5) is 0. The highest BCUT2D eigenvalue weighted by atomic mass is 79.9. The first-order valence-electron chi connectivity index (χ1n) is 4.40. The molecule has 0 aliphatic rings. The fraction of sp³-hybridized carbons (Fsp3) is 0.667. The minimum absolute atomic E-state index is 0.185. The van der Waals surface area contributed by atoms with Gasteiger partial charge in [-0.15, -0.1) is 0 Å². The van der Waals surface area contributed by atoms with Crippen molar-refractivity contribution in [3.05, 3.63) is 16.9 Å². The van der Waals surface area contributed by atoms with Crippen molar-refractivity contribution in [1.82, 2.24) is 15.1 Å². The number of hydrogen-bond donors (Lipinski definition) is 1. The standard InChI is InChI=1S/C9H16BrN3/c1-9(2,3)11-4-5-13-7-8(10)6-12-13/h6-7,11H,4-5H2,1-3H3. The lowest BCUT2D eigenvalue weighted by Crippen LogP contribution is -2.37. The molecular formula is C9H16BrN3. The molecule has 0 radical (unpaired) electrons. The van der Waals surface area contributed by atoms with Crippen molar-refractivity contribution in [2.24, 2.45) is 0 Å². The number of aromatic nitrogens is 2. The van der Waals surface area contributed by atoms with Crippen molar-refractivity contribution in [3.63, 3.8) is 0 Å². The Morgan fingerprint density at radius 2 is 2.23 bits per heavy atom. The quantitative estimate of drug-likeness (QED) is 0.884. The van der Waals surface area contributed by atoms with Gasteiger partial charge in [-0.3, -0.25) is 4.68 Å². The van der Waals surface area contributed by atoms with Gasteiger partial charge >= 0.3 is 0 Å². The molecule has 13 heavy (non-hydrogen) atoms. The molecule has 0 saturated carbocycles. The third kappa shape index (κ3) is 4.43. The van der Waals surface area contributed by atoms with E-state index in [1.807, 2.05) is 10.9 Å². The maximum absolute atomic E-state index is 4.17. The van der Waals surface area contributed by atoms with Crippen molar-refractivity contribution in [2.75, 3.05) is 6.54 Å². The zero-order valence-corrected chi connectivity index (χ0v) is 9.93. The predicted octanol–water partition coefficient (Wildman–Crippen LogP) is 2.03. The summed E-state index contributed by atoms with van der Waals surface area (Å²) in [6.45, 7) is 8.32. The van der Waals surface area contributed by atoms with Gasteiger partial charge in [0, 0.05) is 18.3 Å². The van der Waals surface area contributed by atoms with E-state index in [0.717, 1.165) is 17.6 Å². The molecule has 0 aliphatic carbocycles. The SMILES string of the molecule is CC(C)(C)NCCn1cc(Br)cn1. The van der Waals surface area contributed by atoms with Gasteiger partial charge in [0.25, 0.3) is 0 Å². The summed E-state index contributed by atoms with van der Waals surface area (Å²) in [5.41, 5.74) is 0.185. The first-order valence-corrected chi connectivity index (χ1v) is 5.20. The van der Waals surface area contributed by atoms with Crippen LogP contribution in [0, 0.1) is 0 Å². The number of nitrogens with zero attached hydrogens (tertiary/aromatic N) is 2. The van der Waals surface area contributed by atoms with Crippen molar-refractivity contribution in [3.8, 4) is 0 Å². The number of rotatable bonds is 3. The van der Waals surface area contributed by atoms with E-state index in [1.54, 1.807) is 6.20 Å². The molecular weight excluding hydrogens is 230 g/mol. The number of hydrogen-bond acceptors (Lipinski definition) is 2. The second-order valence-electron chi connectivity index (χ2n) is 4.10. The molecule has 3 nitrogen and oxygen atoms in total. The normalized spacial score (nSPS) is 12.0. The molecule has 0 atom stereocenters. The molecule has 74 valence electrons. The van der Waals surface area contributed by atoms with E-state index in [2.05, 4.69) is 47.1 Å². The molecule has 0 fully saturated rings. The van der Waals surface area contributed by atoms with Crippen LogP contribution >= 0.6 is 15.9 Å². The van der Waals surface area contributed by atoms with Crippen LogP contribution in [0.3, 0.4) is 0 Å². The lowest BCUT2D eigenvalue weighted by Gasteiger charge is -2.20. The van der Waals surface area contributed by atoms with Crippen LogP contribution in [0.5, 0.6) is 0 Å². The van der Waals surface area contributed by atoms with Crippen LogP contribution in [0.4, 0.5) is 0 Å². The van der Waals surface area contributed by atoms with Crippen LogP contribution in [0.25, 0.3) is 0 Å². The van der Waals surface area contributed by atoms with Crippen molar-refractivity contribution in [1.29, 1.82) is 0 Å². The molecule has 1 heterocycles. The van der Waals surface area contributed by atoms with E-state index in [1.165, 1.54) is 0 Å². The van der Waals surface area contributed by atoms with Crippen LogP contribution in [-0.2, 0) is 6.54 Å². The Bertz CT molecular complexity index is 262. The van der Waals surface area contributed by atoms with E-state index < -0.39 is 0 Å². The zero-order valence-electron chi connectivity index (χ0n) is 8.34. The predicted molar refractivity (Wildman–Crippen MR) is 57.7 cm³/mol. The van der Waals surface area contributed by atoms with Crippen LogP contribution in [0.15, 0.2) is 16.9 Å². The molecule has 0 aromatic carbocycles. The maximum Gasteiger partial charge on any atom is 0.0632 e. The first-order chi connectivity index (χ1) is 5.97. The van der Waals surface area contributed by atoms with Gasteiger partial charge < -0.3 is 5.32 Å². The molecule has 0 bridgehead atoms. The maximum atomic E-state index is 4.17. The van der Waals surface area contributed by atoms with Gasteiger partial charge in [-0.1, -0.05) is 0 Å². The smallest absolute Gasteiger partial charge is 0.0632 e. The lowest BCUT2D eigenvalue weighted by molar-refractivity contribution is 0.405. The van der Waals surface area contributed by atoms with Crippen molar-refractivity contribution >= 4 is 15.9 Å². The Kier molecular flexibility index (Phi) is 3.50. The highest BCUT2D eigenvalue weighted by molar-refractivity contribution is 9.10. The summed E-state index contributed by atoms with van der Waals surface area (Å²) in [5.74, 6) is 0. The fourth-order valence-electron chi connectivity index (χ4n) is 1.01. The summed E-state index contributed by atoms with van der Waals surface area (Å²) < 4.78 is 2.95. The summed E-state index contributed by atoms with van der Waals surface area (Å²) >= 11 is 3.36. The highest BCUT2D eigenvalue weighted by Gasteiger charge is 2.07. The topological polar surface area (TPSA) is 29.9 Å². The van der Waals surface area contributed by atoms with Gasteiger partial charge in [0.1, 0.15) is 0 Å². The van der Waals surface area contributed by atoms with Crippen LogP contribution in [0.2, 0.25) is 0 Å². The summed E-state index contributed by atoms with van der Waals surface area (Å²) in [6.07, 6.45) is 3.78. The second kappa shape index (κ2) is 4.24. The second-order valence-corrected chi connectivity index (χ2v) is 5.01. The minimum Gasteiger partial charge on any atom is -0.310 e. The van der Waals surface area contributed by atoms with Gasteiger partial charge in [0.2, 0.25) is 0 Å². The molecule has 0 unspecified atom stereocenters. The van der Waals surface area contributed by atoms with Crippen LogP contribution in [-0.4, -0.2) is 21.9 Å². The molecule has 1 rings (SSSR count). The third-order valence-corrected chi connectivity index (χ3v) is 2.01. The Balaban J connectivity index is 2.28. The largest absolute Gasteiger partial charge is 0.310 e. The Hall–Kier alpha value is -0.350. The molecule has 1 aromatic rings. The molecule has 0 amide bonds. The average molecular weight is 246 g/mol. The summed E-state index contributed by atoms with van der Waals surface area (Å²) in [6, 6.07) is 0. The molecule has 0 saturated heterocycles. The number of nitrogens with one attached hydrogen (secondary N) is 1. The third-order valence-electron chi connectivity index (χ3n) is 1.60. The minimum atomic E-state index is 0.185. The van der Waals surface area contributed by atoms with E-state index in [4.69, 9.17) is 0 Å². The van der Waals surface area contributed by atoms with Gasteiger partial charge in [-0.2, -0.15) is 5.10 Å². The van der Waals surface area contributed by atoms with Crippen LogP contribution < -0.4 is 5.32 Å². The summed E-state index contributed by atoms with van der Waals surface area (Å²) in [7, 11) is 0. The average Bonchev–Trinajstić information content (AvgIpc) is 2.33. The van der Waals surface area contributed by atoms with E-state index >= 15 is 0 Å². The zero-order chi connectivity index (χ0) is 9.90. The first kappa shape index (κ1) is 10.7. The van der Waals surface area contributed by atoms with Gasteiger partial charge in [-0.05, 0) is 36.7 Å². The Labute approximate surface area is 87.6 Å². The molecule has 0 spiro atoms. The van der Waals surface area contributed by atoms with Gasteiger partial charge in [0.05, 0.1) is 17.2 Å². The lowest BCUT2D eigenvalue weighted by atomic mass is 10.1. The van der Waals surface area contributed by atoms with Crippen molar-refractivity contribution in [2.45, 2.75) is 32.9 Å². The monoisotopic (exact) mass is 245 g/mol. The number of halogens is 1. The molecule has 1 aromatic heterocycles. The van der Waals surface area contributed by atoms with Crippen LogP contribution in [0.1, 0.15) is 20.8 Å². The van der Waals surface area contributed by atoms with Gasteiger partial charge in [-0.25, -0.2) is 0 Å². The van der Waals surface area contributed by atoms with E-state index in [9.17, 15) is 0 Å². The molecule has 0 aliphatic heterocycles. The van der Waals surface area contributed by atoms with E-state index in [0.29, 0.717) is 0 Å². The Morgan fingerprint density at radius 1 is 1.54 bits per heavy atom. The fourth-order valence-corrected chi connectivity index (χ4v) is 1.33. The summed E-state index contributed by atoms with van der Waals surface area (Å²) in [5, 5.41) is 7.57. The van der Waals surface area contributed by atoms with E-state index in [-0.39, 0.29) is 5.54 Å².